The molecule has 0 atom stereocenters. The van der Waals surface area contributed by atoms with E-state index in [1.54, 1.807) is 18.2 Å². The van der Waals surface area contributed by atoms with Gasteiger partial charge in [0.05, 0.1) is 11.1 Å². The predicted octanol–water partition coefficient (Wildman–Crippen LogP) is 1.26. The van der Waals surface area contributed by atoms with Crippen molar-refractivity contribution in [2.45, 2.75) is 0 Å². The SMILES string of the molecule is Nc1ccc2c(c1)C(=O)N(CCBr)C2=O. The first-order valence-corrected chi connectivity index (χ1v) is 5.59. The van der Waals surface area contributed by atoms with E-state index in [1.807, 2.05) is 0 Å². The third-order valence-electron chi connectivity index (χ3n) is 2.30. The lowest BCUT2D eigenvalue weighted by Gasteiger charge is -2.10. The number of halogens is 1. The Kier molecular flexibility index (Phi) is 2.48. The summed E-state index contributed by atoms with van der Waals surface area (Å²) in [6.45, 7) is 0.381. The second kappa shape index (κ2) is 3.66. The van der Waals surface area contributed by atoms with Gasteiger partial charge >= 0.3 is 0 Å². The van der Waals surface area contributed by atoms with Crippen molar-refractivity contribution in [3.8, 4) is 0 Å². The number of hydrogen-bond donors (Lipinski definition) is 1. The molecule has 0 radical (unpaired) electrons. The molecule has 1 aliphatic heterocycles. The molecule has 0 saturated carbocycles. The molecule has 15 heavy (non-hydrogen) atoms. The number of alkyl halides is 1. The fourth-order valence-electron chi connectivity index (χ4n) is 1.60. The number of carbonyl (C=O) groups excluding carboxylic acids is 2. The van der Waals surface area contributed by atoms with E-state index >= 15 is 0 Å². The van der Waals surface area contributed by atoms with Crippen LogP contribution in [-0.2, 0) is 0 Å². The predicted molar refractivity (Wildman–Crippen MR) is 60.0 cm³/mol. The Bertz CT molecular complexity index is 445. The van der Waals surface area contributed by atoms with Gasteiger partial charge in [0, 0.05) is 17.6 Å². The maximum Gasteiger partial charge on any atom is 0.261 e. The van der Waals surface area contributed by atoms with Crippen LogP contribution in [0.5, 0.6) is 0 Å². The monoisotopic (exact) mass is 268 g/mol. The maximum absolute atomic E-state index is 11.8. The van der Waals surface area contributed by atoms with Gasteiger partial charge in [-0.25, -0.2) is 0 Å². The molecule has 1 heterocycles. The lowest BCUT2D eigenvalue weighted by Crippen LogP contribution is -2.31. The van der Waals surface area contributed by atoms with Crippen LogP contribution in [-0.4, -0.2) is 28.6 Å². The maximum atomic E-state index is 11.8. The summed E-state index contributed by atoms with van der Waals surface area (Å²) in [5, 5.41) is 0.577. The number of fused-ring (bicyclic) bond motifs is 1. The summed E-state index contributed by atoms with van der Waals surface area (Å²) in [7, 11) is 0. The van der Waals surface area contributed by atoms with Crippen LogP contribution in [0.3, 0.4) is 0 Å². The van der Waals surface area contributed by atoms with E-state index in [1.165, 1.54) is 4.90 Å². The molecule has 2 N–H and O–H groups in total. The van der Waals surface area contributed by atoms with E-state index in [2.05, 4.69) is 15.9 Å². The first-order chi connectivity index (χ1) is 7.15. The minimum Gasteiger partial charge on any atom is -0.399 e. The lowest BCUT2D eigenvalue weighted by atomic mass is 10.1. The number of nitrogen functional groups attached to an aromatic ring is 1. The molecule has 0 spiro atoms. The van der Waals surface area contributed by atoms with Crippen LogP contribution in [0.4, 0.5) is 5.69 Å². The van der Waals surface area contributed by atoms with Crippen LogP contribution in [0.15, 0.2) is 18.2 Å². The van der Waals surface area contributed by atoms with E-state index in [0.29, 0.717) is 28.7 Å². The summed E-state index contributed by atoms with van der Waals surface area (Å²) < 4.78 is 0. The zero-order valence-electron chi connectivity index (χ0n) is 7.87. The van der Waals surface area contributed by atoms with Gasteiger partial charge in [-0.1, -0.05) is 15.9 Å². The molecule has 4 nitrogen and oxygen atoms in total. The highest BCUT2D eigenvalue weighted by Gasteiger charge is 2.34. The van der Waals surface area contributed by atoms with Crippen LogP contribution in [0.25, 0.3) is 0 Å². The van der Waals surface area contributed by atoms with Gasteiger partial charge in [-0.2, -0.15) is 0 Å². The van der Waals surface area contributed by atoms with Gasteiger partial charge in [0.15, 0.2) is 0 Å². The van der Waals surface area contributed by atoms with Crippen LogP contribution < -0.4 is 5.73 Å². The second-order valence-electron chi connectivity index (χ2n) is 3.26. The van der Waals surface area contributed by atoms with Gasteiger partial charge in [0.1, 0.15) is 0 Å². The van der Waals surface area contributed by atoms with Crippen LogP contribution in [0, 0.1) is 0 Å². The van der Waals surface area contributed by atoms with Crippen LogP contribution >= 0.6 is 15.9 Å². The van der Waals surface area contributed by atoms with E-state index in [9.17, 15) is 9.59 Å². The zero-order chi connectivity index (χ0) is 11.0. The summed E-state index contributed by atoms with van der Waals surface area (Å²) in [6, 6.07) is 4.77. The average Bonchev–Trinajstić information content (AvgIpc) is 2.44. The Hall–Kier alpha value is -1.36. The van der Waals surface area contributed by atoms with Crippen molar-refractivity contribution in [2.75, 3.05) is 17.6 Å². The first kappa shape index (κ1) is 10.2. The standard InChI is InChI=1S/C10H9BrN2O2/c11-3-4-13-9(14)7-2-1-6(12)5-8(7)10(13)15/h1-2,5H,3-4,12H2. The number of rotatable bonds is 2. The van der Waals surface area contributed by atoms with E-state index in [4.69, 9.17) is 5.73 Å². The fraction of sp³-hybridized carbons (Fsp3) is 0.200. The number of nitrogens with two attached hydrogens (primary N) is 1. The molecule has 0 aliphatic carbocycles. The Morgan fingerprint density at radius 2 is 1.87 bits per heavy atom. The molecule has 0 unspecified atom stereocenters. The Balaban J connectivity index is 2.46. The number of anilines is 1. The molecule has 0 saturated heterocycles. The highest BCUT2D eigenvalue weighted by molar-refractivity contribution is 9.09. The molecule has 0 fully saturated rings. The van der Waals surface area contributed by atoms with Gasteiger partial charge < -0.3 is 5.73 Å². The number of amides is 2. The van der Waals surface area contributed by atoms with Crippen molar-refractivity contribution < 1.29 is 9.59 Å². The first-order valence-electron chi connectivity index (χ1n) is 4.47. The Morgan fingerprint density at radius 3 is 2.53 bits per heavy atom. The molecular weight excluding hydrogens is 260 g/mol. The van der Waals surface area contributed by atoms with E-state index in [-0.39, 0.29) is 11.8 Å². The lowest BCUT2D eigenvalue weighted by molar-refractivity contribution is 0.0665. The van der Waals surface area contributed by atoms with Crippen LogP contribution in [0.2, 0.25) is 0 Å². The van der Waals surface area contributed by atoms with Crippen molar-refractivity contribution in [1.82, 2.24) is 4.90 Å². The van der Waals surface area contributed by atoms with E-state index < -0.39 is 0 Å². The quantitative estimate of drug-likeness (QED) is 0.499. The number of benzene rings is 1. The van der Waals surface area contributed by atoms with Gasteiger partial charge in [0.2, 0.25) is 0 Å². The topological polar surface area (TPSA) is 63.4 Å². The normalized spacial score (nSPS) is 14.6. The fourth-order valence-corrected chi connectivity index (χ4v) is 1.95. The zero-order valence-corrected chi connectivity index (χ0v) is 9.45. The van der Waals surface area contributed by atoms with Crippen molar-refractivity contribution in [3.05, 3.63) is 29.3 Å². The minimum absolute atomic E-state index is 0.241. The molecule has 0 aromatic heterocycles. The van der Waals surface area contributed by atoms with Gasteiger partial charge in [0.25, 0.3) is 11.8 Å². The number of hydrogen-bond acceptors (Lipinski definition) is 3. The third kappa shape index (κ3) is 1.52. The molecule has 1 aromatic carbocycles. The summed E-state index contributed by atoms with van der Waals surface area (Å²) in [6.07, 6.45) is 0. The molecule has 78 valence electrons. The molecule has 5 heteroatoms. The van der Waals surface area contributed by atoms with Crippen LogP contribution in [0.1, 0.15) is 20.7 Å². The van der Waals surface area contributed by atoms with Crippen molar-refractivity contribution in [2.24, 2.45) is 0 Å². The average molecular weight is 269 g/mol. The van der Waals surface area contributed by atoms with Crippen molar-refractivity contribution >= 4 is 33.4 Å². The number of imide groups is 1. The molecule has 2 amide bonds. The van der Waals surface area contributed by atoms with E-state index in [0.717, 1.165) is 0 Å². The van der Waals surface area contributed by atoms with Crippen molar-refractivity contribution in [3.63, 3.8) is 0 Å². The highest BCUT2D eigenvalue weighted by Crippen LogP contribution is 2.24. The van der Waals surface area contributed by atoms with Gasteiger partial charge in [-0.3, -0.25) is 14.5 Å². The smallest absolute Gasteiger partial charge is 0.261 e. The molecular formula is C10H9BrN2O2. The summed E-state index contributed by atoms with van der Waals surface area (Å²) in [5.74, 6) is -0.504. The largest absolute Gasteiger partial charge is 0.399 e. The number of carbonyl (C=O) groups is 2. The molecule has 2 rings (SSSR count). The molecule has 1 aliphatic rings. The minimum atomic E-state index is -0.262. The second-order valence-corrected chi connectivity index (χ2v) is 4.05. The van der Waals surface area contributed by atoms with Gasteiger partial charge in [-0.05, 0) is 18.2 Å². The Morgan fingerprint density at radius 1 is 1.20 bits per heavy atom. The third-order valence-corrected chi connectivity index (χ3v) is 2.66. The Labute approximate surface area is 95.2 Å². The van der Waals surface area contributed by atoms with Gasteiger partial charge in [-0.15, -0.1) is 0 Å². The highest BCUT2D eigenvalue weighted by atomic mass is 79.9. The molecule has 0 bridgehead atoms. The summed E-state index contributed by atoms with van der Waals surface area (Å²) >= 11 is 3.20. The van der Waals surface area contributed by atoms with Crippen molar-refractivity contribution in [1.29, 1.82) is 0 Å². The summed E-state index contributed by atoms with van der Waals surface area (Å²) in [4.78, 5) is 24.8. The molecule has 1 aromatic rings. The summed E-state index contributed by atoms with van der Waals surface area (Å²) in [5.41, 5.74) is 6.91. The number of nitrogens with zero attached hydrogens (tertiary/aromatic N) is 1.